The van der Waals surface area contributed by atoms with Crippen LogP contribution < -0.4 is 10.2 Å². The molecule has 0 amide bonds. The van der Waals surface area contributed by atoms with Gasteiger partial charge in [0, 0.05) is 6.54 Å². The van der Waals surface area contributed by atoms with E-state index >= 15 is 0 Å². The van der Waals surface area contributed by atoms with Crippen LogP contribution in [0.4, 0.5) is 5.69 Å². The van der Waals surface area contributed by atoms with E-state index in [0.717, 1.165) is 6.54 Å². The molecule has 2 rings (SSSR count). The van der Waals surface area contributed by atoms with E-state index < -0.39 is 16.1 Å². The standard InChI is InChI=1S/C14H21N3O3S/c1-11(2)7-15-8-12(18)9-17-10-16-21(19,20)14-6-4-3-5-13(14)17/h3-6,10-12,15,18H,7-9H2,1-2H3. The van der Waals surface area contributed by atoms with Crippen molar-refractivity contribution in [3.05, 3.63) is 24.3 Å². The molecular weight excluding hydrogens is 290 g/mol. The highest BCUT2D eigenvalue weighted by Gasteiger charge is 2.25. The lowest BCUT2D eigenvalue weighted by atomic mass is 10.2. The molecule has 0 aromatic heterocycles. The Morgan fingerprint density at radius 3 is 2.71 bits per heavy atom. The monoisotopic (exact) mass is 311 g/mol. The van der Waals surface area contributed by atoms with Crippen molar-refractivity contribution in [2.24, 2.45) is 10.3 Å². The highest BCUT2D eigenvalue weighted by atomic mass is 32.2. The van der Waals surface area contributed by atoms with Crippen molar-refractivity contribution in [3.63, 3.8) is 0 Å². The molecule has 1 unspecified atom stereocenters. The molecule has 0 fully saturated rings. The fourth-order valence-electron chi connectivity index (χ4n) is 2.13. The van der Waals surface area contributed by atoms with E-state index in [1.807, 2.05) is 0 Å². The van der Waals surface area contributed by atoms with Crippen molar-refractivity contribution < 1.29 is 13.5 Å². The molecule has 2 N–H and O–H groups in total. The minimum Gasteiger partial charge on any atom is -0.390 e. The molecule has 21 heavy (non-hydrogen) atoms. The summed E-state index contributed by atoms with van der Waals surface area (Å²) in [7, 11) is -3.61. The van der Waals surface area contributed by atoms with Crippen molar-refractivity contribution in [2.45, 2.75) is 24.8 Å². The van der Waals surface area contributed by atoms with Crippen LogP contribution in [0.25, 0.3) is 0 Å². The number of β-amino-alcohol motifs (C(OH)–C–C–N with tert-alkyl or cyclic N) is 1. The first-order valence-corrected chi connectivity index (χ1v) is 8.39. The Balaban J connectivity index is 2.05. The van der Waals surface area contributed by atoms with Gasteiger partial charge in [0.1, 0.15) is 11.2 Å². The van der Waals surface area contributed by atoms with Crippen molar-refractivity contribution in [1.29, 1.82) is 0 Å². The zero-order valence-electron chi connectivity index (χ0n) is 12.2. The third-order valence-corrected chi connectivity index (χ3v) is 4.39. The average Bonchev–Trinajstić information content (AvgIpc) is 2.42. The first kappa shape index (κ1) is 15.9. The highest BCUT2D eigenvalue weighted by Crippen LogP contribution is 2.29. The Kier molecular flexibility index (Phi) is 4.97. The number of benzene rings is 1. The molecule has 1 atom stereocenters. The summed E-state index contributed by atoms with van der Waals surface area (Å²) in [6, 6.07) is 6.67. The lowest BCUT2D eigenvalue weighted by molar-refractivity contribution is 0.179. The Morgan fingerprint density at radius 1 is 1.29 bits per heavy atom. The molecule has 1 aromatic rings. The number of nitrogens with one attached hydrogen (secondary N) is 1. The molecule has 116 valence electrons. The molecule has 0 bridgehead atoms. The molecule has 0 saturated heterocycles. The van der Waals surface area contributed by atoms with Crippen LogP contribution >= 0.6 is 0 Å². The van der Waals surface area contributed by atoms with Crippen molar-refractivity contribution in [3.8, 4) is 0 Å². The summed E-state index contributed by atoms with van der Waals surface area (Å²) in [6.45, 7) is 5.77. The van der Waals surface area contributed by atoms with E-state index in [4.69, 9.17) is 0 Å². The third-order valence-electron chi connectivity index (χ3n) is 3.12. The number of aliphatic hydroxyl groups is 1. The molecule has 1 aliphatic heterocycles. The second-order valence-electron chi connectivity index (χ2n) is 5.52. The molecule has 6 nitrogen and oxygen atoms in total. The minimum absolute atomic E-state index is 0.176. The Labute approximate surface area is 125 Å². The van der Waals surface area contributed by atoms with E-state index in [2.05, 4.69) is 23.6 Å². The maximum Gasteiger partial charge on any atom is 0.285 e. The fourth-order valence-corrected chi connectivity index (χ4v) is 3.18. The van der Waals surface area contributed by atoms with Crippen molar-refractivity contribution >= 4 is 22.0 Å². The molecule has 1 heterocycles. The molecule has 0 spiro atoms. The summed E-state index contributed by atoms with van der Waals surface area (Å²) >= 11 is 0. The van der Waals surface area contributed by atoms with E-state index in [1.165, 1.54) is 12.4 Å². The Morgan fingerprint density at radius 2 is 2.00 bits per heavy atom. The maximum absolute atomic E-state index is 11.9. The smallest absolute Gasteiger partial charge is 0.285 e. The number of aliphatic hydroxyl groups excluding tert-OH is 1. The normalized spacial score (nSPS) is 17.8. The minimum atomic E-state index is -3.61. The predicted octanol–water partition coefficient (Wildman–Crippen LogP) is 0.830. The quantitative estimate of drug-likeness (QED) is 0.813. The van der Waals surface area contributed by atoms with Gasteiger partial charge in [-0.1, -0.05) is 26.0 Å². The van der Waals surface area contributed by atoms with Crippen molar-refractivity contribution in [1.82, 2.24) is 5.32 Å². The van der Waals surface area contributed by atoms with Crippen LogP contribution in [-0.4, -0.2) is 45.6 Å². The topological polar surface area (TPSA) is 82.0 Å². The fraction of sp³-hybridized carbons (Fsp3) is 0.500. The van der Waals surface area contributed by atoms with Gasteiger partial charge in [-0.15, -0.1) is 4.40 Å². The van der Waals surface area contributed by atoms with Gasteiger partial charge in [0.15, 0.2) is 0 Å². The second kappa shape index (κ2) is 6.55. The van der Waals surface area contributed by atoms with Gasteiger partial charge in [-0.05, 0) is 24.6 Å². The third kappa shape index (κ3) is 4.03. The molecule has 1 aliphatic rings. The summed E-state index contributed by atoms with van der Waals surface area (Å²) in [6.07, 6.45) is 0.660. The summed E-state index contributed by atoms with van der Waals surface area (Å²) in [5.41, 5.74) is 0.551. The highest BCUT2D eigenvalue weighted by molar-refractivity contribution is 7.90. The second-order valence-corrected chi connectivity index (χ2v) is 7.12. The largest absolute Gasteiger partial charge is 0.390 e. The van der Waals surface area contributed by atoms with E-state index in [1.54, 1.807) is 23.1 Å². The van der Waals surface area contributed by atoms with Gasteiger partial charge in [0.2, 0.25) is 0 Å². The Bertz CT molecular complexity index is 614. The van der Waals surface area contributed by atoms with Gasteiger partial charge in [-0.25, -0.2) is 0 Å². The van der Waals surface area contributed by atoms with Crippen LogP contribution in [0.3, 0.4) is 0 Å². The zero-order valence-corrected chi connectivity index (χ0v) is 13.0. The predicted molar refractivity (Wildman–Crippen MR) is 83.2 cm³/mol. The average molecular weight is 311 g/mol. The number of hydrogen-bond donors (Lipinski definition) is 2. The number of para-hydroxylation sites is 1. The number of anilines is 1. The molecule has 0 aliphatic carbocycles. The van der Waals surface area contributed by atoms with Crippen LogP contribution in [0.15, 0.2) is 33.6 Å². The molecule has 0 saturated carbocycles. The number of nitrogens with zero attached hydrogens (tertiary/aromatic N) is 2. The lowest BCUT2D eigenvalue weighted by Gasteiger charge is -2.27. The SMILES string of the molecule is CC(C)CNCC(O)CN1C=NS(=O)(=O)c2ccccc21. The van der Waals surface area contributed by atoms with Crippen LogP contribution in [-0.2, 0) is 10.0 Å². The van der Waals surface area contributed by atoms with Gasteiger partial charge in [-0.2, -0.15) is 8.42 Å². The van der Waals surface area contributed by atoms with Crippen molar-refractivity contribution in [2.75, 3.05) is 24.5 Å². The molecule has 7 heteroatoms. The summed E-state index contributed by atoms with van der Waals surface area (Å²) < 4.78 is 27.3. The van der Waals surface area contributed by atoms with Gasteiger partial charge in [-0.3, -0.25) is 0 Å². The lowest BCUT2D eigenvalue weighted by Crippen LogP contribution is -2.40. The molecule has 0 radical (unpaired) electrons. The van der Waals surface area contributed by atoms with E-state index in [-0.39, 0.29) is 4.90 Å². The molecule has 1 aromatic carbocycles. The van der Waals surface area contributed by atoms with Crippen LogP contribution in [0.2, 0.25) is 0 Å². The van der Waals surface area contributed by atoms with Gasteiger partial charge < -0.3 is 15.3 Å². The van der Waals surface area contributed by atoms with E-state index in [9.17, 15) is 13.5 Å². The summed E-state index contributed by atoms with van der Waals surface area (Å²) in [5, 5.41) is 13.2. The first-order valence-electron chi connectivity index (χ1n) is 6.95. The number of sulfonamides is 1. The Hall–Kier alpha value is -1.44. The van der Waals surface area contributed by atoms with Gasteiger partial charge in [0.25, 0.3) is 10.0 Å². The molecular formula is C14H21N3O3S. The number of rotatable bonds is 6. The number of hydrogen-bond acceptors (Lipinski definition) is 5. The van der Waals surface area contributed by atoms with E-state index in [0.29, 0.717) is 24.7 Å². The van der Waals surface area contributed by atoms with Crippen LogP contribution in [0.1, 0.15) is 13.8 Å². The summed E-state index contributed by atoms with van der Waals surface area (Å²) in [4.78, 5) is 1.84. The number of fused-ring (bicyclic) bond motifs is 1. The maximum atomic E-state index is 11.9. The van der Waals surface area contributed by atoms with Crippen LogP contribution in [0, 0.1) is 5.92 Å². The first-order chi connectivity index (χ1) is 9.90. The van der Waals surface area contributed by atoms with Crippen LogP contribution in [0.5, 0.6) is 0 Å². The van der Waals surface area contributed by atoms with Gasteiger partial charge >= 0.3 is 0 Å². The zero-order chi connectivity index (χ0) is 15.5. The summed E-state index contributed by atoms with van der Waals surface area (Å²) in [5.74, 6) is 0.514. The van der Waals surface area contributed by atoms with Gasteiger partial charge in [0.05, 0.1) is 18.3 Å².